The average Bonchev–Trinajstić information content (AvgIpc) is 2.93. The highest BCUT2D eigenvalue weighted by Gasteiger charge is 2.25. The van der Waals surface area contributed by atoms with Crippen LogP contribution in [0.2, 0.25) is 0 Å². The van der Waals surface area contributed by atoms with E-state index >= 15 is 0 Å². The Kier molecular flexibility index (Phi) is 4.41. The van der Waals surface area contributed by atoms with E-state index < -0.39 is 5.54 Å². The molecular formula is C13H17N3OS. The SMILES string of the molecule is NC(CO)(CCSc1ncc[nH]1)c1ccccc1. The normalized spacial score (nSPS) is 14.3. The lowest BCUT2D eigenvalue weighted by Gasteiger charge is -2.27. The van der Waals surface area contributed by atoms with Gasteiger partial charge in [0.2, 0.25) is 0 Å². The van der Waals surface area contributed by atoms with Crippen LogP contribution in [-0.2, 0) is 5.54 Å². The largest absolute Gasteiger partial charge is 0.394 e. The van der Waals surface area contributed by atoms with E-state index in [0.717, 1.165) is 16.5 Å². The quantitative estimate of drug-likeness (QED) is 0.694. The van der Waals surface area contributed by atoms with Gasteiger partial charge in [-0.3, -0.25) is 0 Å². The standard InChI is InChI=1S/C13H17N3OS/c14-13(10-17,11-4-2-1-3-5-11)6-9-18-12-15-7-8-16-12/h1-5,7-8,17H,6,9-10,14H2,(H,15,16). The first-order valence-electron chi connectivity index (χ1n) is 5.82. The van der Waals surface area contributed by atoms with Gasteiger partial charge in [0.05, 0.1) is 12.1 Å². The lowest BCUT2D eigenvalue weighted by Crippen LogP contribution is -2.41. The summed E-state index contributed by atoms with van der Waals surface area (Å²) in [6.45, 7) is -0.0598. The molecule has 1 atom stereocenters. The van der Waals surface area contributed by atoms with Crippen molar-refractivity contribution in [2.24, 2.45) is 5.73 Å². The Morgan fingerprint density at radius 1 is 1.33 bits per heavy atom. The molecule has 0 radical (unpaired) electrons. The third kappa shape index (κ3) is 3.13. The number of nitrogens with zero attached hydrogens (tertiary/aromatic N) is 1. The Bertz CT molecular complexity index is 460. The predicted molar refractivity (Wildman–Crippen MR) is 73.3 cm³/mol. The van der Waals surface area contributed by atoms with Gasteiger partial charge in [-0.1, -0.05) is 42.1 Å². The summed E-state index contributed by atoms with van der Waals surface area (Å²) in [5, 5.41) is 10.4. The van der Waals surface area contributed by atoms with Crippen LogP contribution in [0.15, 0.2) is 47.9 Å². The molecule has 4 N–H and O–H groups in total. The second kappa shape index (κ2) is 6.04. The van der Waals surface area contributed by atoms with Gasteiger partial charge >= 0.3 is 0 Å². The Balaban J connectivity index is 1.96. The number of thioether (sulfide) groups is 1. The van der Waals surface area contributed by atoms with E-state index in [1.54, 1.807) is 24.2 Å². The average molecular weight is 263 g/mol. The Morgan fingerprint density at radius 2 is 2.11 bits per heavy atom. The number of hydrogen-bond acceptors (Lipinski definition) is 4. The Labute approximate surface area is 111 Å². The van der Waals surface area contributed by atoms with E-state index in [1.165, 1.54) is 0 Å². The Morgan fingerprint density at radius 3 is 2.72 bits per heavy atom. The Hall–Kier alpha value is -1.30. The first kappa shape index (κ1) is 13.1. The van der Waals surface area contributed by atoms with Crippen molar-refractivity contribution in [3.05, 3.63) is 48.3 Å². The van der Waals surface area contributed by atoms with Crippen LogP contribution >= 0.6 is 11.8 Å². The van der Waals surface area contributed by atoms with Crippen LogP contribution in [0, 0.1) is 0 Å². The molecule has 0 aliphatic carbocycles. The van der Waals surface area contributed by atoms with Gasteiger partial charge in [-0.05, 0) is 12.0 Å². The third-order valence-corrected chi connectivity index (χ3v) is 3.80. The van der Waals surface area contributed by atoms with Crippen LogP contribution in [0.25, 0.3) is 0 Å². The number of aliphatic hydroxyl groups excluding tert-OH is 1. The highest BCUT2D eigenvalue weighted by molar-refractivity contribution is 7.99. The van der Waals surface area contributed by atoms with Crippen LogP contribution in [0.5, 0.6) is 0 Å². The zero-order valence-corrected chi connectivity index (χ0v) is 10.9. The predicted octanol–water partition coefficient (Wildman–Crippen LogP) is 1.74. The molecule has 0 saturated heterocycles. The summed E-state index contributed by atoms with van der Waals surface area (Å²) < 4.78 is 0. The van der Waals surface area contributed by atoms with Crippen molar-refractivity contribution >= 4 is 11.8 Å². The monoisotopic (exact) mass is 263 g/mol. The fraction of sp³-hybridized carbons (Fsp3) is 0.308. The van der Waals surface area contributed by atoms with Gasteiger partial charge in [-0.25, -0.2) is 4.98 Å². The van der Waals surface area contributed by atoms with Gasteiger partial charge in [0.15, 0.2) is 5.16 Å². The maximum absolute atomic E-state index is 9.54. The third-order valence-electron chi connectivity index (χ3n) is 2.89. The fourth-order valence-corrected chi connectivity index (χ4v) is 2.69. The number of aromatic amines is 1. The molecule has 0 aliphatic rings. The van der Waals surface area contributed by atoms with Gasteiger partial charge in [0.25, 0.3) is 0 Å². The molecule has 1 heterocycles. The lowest BCUT2D eigenvalue weighted by atomic mass is 9.89. The minimum Gasteiger partial charge on any atom is -0.394 e. The molecule has 0 aliphatic heterocycles. The van der Waals surface area contributed by atoms with E-state index in [9.17, 15) is 5.11 Å². The zero-order valence-electron chi connectivity index (χ0n) is 10.0. The number of H-pyrrole nitrogens is 1. The smallest absolute Gasteiger partial charge is 0.165 e. The summed E-state index contributed by atoms with van der Waals surface area (Å²) in [5.74, 6) is 0.805. The topological polar surface area (TPSA) is 74.9 Å². The number of aliphatic hydroxyl groups is 1. The molecule has 0 spiro atoms. The number of nitrogens with two attached hydrogens (primary N) is 1. The number of hydrogen-bond donors (Lipinski definition) is 3. The molecule has 2 rings (SSSR count). The number of aromatic nitrogens is 2. The van der Waals surface area contributed by atoms with E-state index in [2.05, 4.69) is 9.97 Å². The van der Waals surface area contributed by atoms with Crippen LogP contribution in [0.3, 0.4) is 0 Å². The van der Waals surface area contributed by atoms with Crippen LogP contribution < -0.4 is 5.73 Å². The molecule has 0 bridgehead atoms. The summed E-state index contributed by atoms with van der Waals surface area (Å²) in [6.07, 6.45) is 4.21. The summed E-state index contributed by atoms with van der Waals surface area (Å²) in [6, 6.07) is 9.72. The van der Waals surface area contributed by atoms with E-state index in [1.807, 2.05) is 30.3 Å². The molecule has 4 nitrogen and oxygen atoms in total. The molecule has 1 aromatic carbocycles. The molecule has 0 fully saturated rings. The second-order valence-electron chi connectivity index (χ2n) is 4.17. The molecule has 2 aromatic rings. The first-order valence-corrected chi connectivity index (χ1v) is 6.80. The molecule has 1 unspecified atom stereocenters. The number of imidazole rings is 1. The number of nitrogens with one attached hydrogen (secondary N) is 1. The van der Waals surface area contributed by atoms with Crippen molar-refractivity contribution in [2.75, 3.05) is 12.4 Å². The van der Waals surface area contributed by atoms with Crippen LogP contribution in [0.4, 0.5) is 0 Å². The van der Waals surface area contributed by atoms with Gasteiger partial charge in [-0.2, -0.15) is 0 Å². The summed E-state index contributed by atoms with van der Waals surface area (Å²) >= 11 is 1.61. The van der Waals surface area contributed by atoms with Gasteiger partial charge in [0, 0.05) is 18.1 Å². The molecule has 0 amide bonds. The molecule has 5 heteroatoms. The van der Waals surface area contributed by atoms with E-state index in [-0.39, 0.29) is 6.61 Å². The minimum absolute atomic E-state index is 0.0598. The molecular weight excluding hydrogens is 246 g/mol. The number of benzene rings is 1. The highest BCUT2D eigenvalue weighted by Crippen LogP contribution is 2.25. The summed E-state index contributed by atoms with van der Waals surface area (Å²) in [4.78, 5) is 7.17. The summed E-state index contributed by atoms with van der Waals surface area (Å²) in [5.41, 5.74) is 6.55. The van der Waals surface area contributed by atoms with E-state index in [4.69, 9.17) is 5.73 Å². The van der Waals surface area contributed by atoms with Crippen molar-refractivity contribution in [3.8, 4) is 0 Å². The highest BCUT2D eigenvalue weighted by atomic mass is 32.2. The minimum atomic E-state index is -0.680. The van der Waals surface area contributed by atoms with Crippen molar-refractivity contribution < 1.29 is 5.11 Å². The maximum atomic E-state index is 9.54. The van der Waals surface area contributed by atoms with Crippen molar-refractivity contribution in [3.63, 3.8) is 0 Å². The zero-order chi connectivity index (χ0) is 12.8. The van der Waals surface area contributed by atoms with Crippen molar-refractivity contribution in [1.82, 2.24) is 9.97 Å². The molecule has 96 valence electrons. The molecule has 1 aromatic heterocycles. The lowest BCUT2D eigenvalue weighted by molar-refractivity contribution is 0.193. The first-order chi connectivity index (χ1) is 8.74. The van der Waals surface area contributed by atoms with Crippen molar-refractivity contribution in [2.45, 2.75) is 17.1 Å². The van der Waals surface area contributed by atoms with Crippen molar-refractivity contribution in [1.29, 1.82) is 0 Å². The fourth-order valence-electron chi connectivity index (χ4n) is 1.74. The van der Waals surface area contributed by atoms with Crippen LogP contribution in [0.1, 0.15) is 12.0 Å². The van der Waals surface area contributed by atoms with Crippen LogP contribution in [-0.4, -0.2) is 27.4 Å². The number of rotatable bonds is 6. The second-order valence-corrected chi connectivity index (χ2v) is 5.26. The van der Waals surface area contributed by atoms with Gasteiger partial charge < -0.3 is 15.8 Å². The van der Waals surface area contributed by atoms with Gasteiger partial charge in [-0.15, -0.1) is 0 Å². The van der Waals surface area contributed by atoms with Gasteiger partial charge in [0.1, 0.15) is 0 Å². The van der Waals surface area contributed by atoms with E-state index in [0.29, 0.717) is 6.42 Å². The maximum Gasteiger partial charge on any atom is 0.165 e. The molecule has 18 heavy (non-hydrogen) atoms. The molecule has 0 saturated carbocycles. The summed E-state index contributed by atoms with van der Waals surface area (Å²) in [7, 11) is 0.